The van der Waals surface area contributed by atoms with Gasteiger partial charge in [-0.3, -0.25) is 4.79 Å². The lowest BCUT2D eigenvalue weighted by Gasteiger charge is -2.00. The molecule has 0 amide bonds. The van der Waals surface area contributed by atoms with Gasteiger partial charge in [-0.15, -0.1) is 0 Å². The van der Waals surface area contributed by atoms with Crippen molar-refractivity contribution in [3.8, 4) is 0 Å². The molecule has 82 valence electrons. The Morgan fingerprint density at radius 1 is 1.06 bits per heavy atom. The molecule has 2 nitrogen and oxygen atoms in total. The Morgan fingerprint density at radius 3 is 2.19 bits per heavy atom. The van der Waals surface area contributed by atoms with Crippen molar-refractivity contribution in [2.75, 3.05) is 0 Å². The van der Waals surface area contributed by atoms with Gasteiger partial charge in [0.25, 0.3) is 0 Å². The lowest BCUT2D eigenvalue weighted by Crippen LogP contribution is -2.03. The Hall–Kier alpha value is -2.04. The number of furan rings is 1. The molecule has 0 N–H and O–H groups in total. The van der Waals surface area contributed by atoms with E-state index < -0.39 is 23.2 Å². The van der Waals surface area contributed by atoms with Gasteiger partial charge in [0.2, 0.25) is 0 Å². The smallest absolute Gasteiger partial charge is 0.196 e. The summed E-state index contributed by atoms with van der Waals surface area (Å²) in [5.41, 5.74) is -0.122. The van der Waals surface area contributed by atoms with Crippen molar-refractivity contribution in [2.45, 2.75) is 0 Å². The molecule has 0 saturated heterocycles. The largest absolute Gasteiger partial charge is 0.472 e. The lowest BCUT2D eigenvalue weighted by molar-refractivity contribution is 0.103. The third kappa shape index (κ3) is 1.71. The molecule has 5 heteroatoms. The molecule has 2 aromatic rings. The molecular weight excluding hydrogens is 221 g/mol. The fourth-order valence-corrected chi connectivity index (χ4v) is 1.25. The van der Waals surface area contributed by atoms with Gasteiger partial charge in [0.1, 0.15) is 6.26 Å². The van der Waals surface area contributed by atoms with Gasteiger partial charge >= 0.3 is 0 Å². The number of hydrogen-bond acceptors (Lipinski definition) is 2. The van der Waals surface area contributed by atoms with E-state index in [0.29, 0.717) is 12.1 Å². The number of carbonyl (C=O) groups excluding carboxylic acids is 1. The van der Waals surface area contributed by atoms with Crippen LogP contribution in [0.3, 0.4) is 0 Å². The number of halogens is 3. The van der Waals surface area contributed by atoms with E-state index in [0.717, 1.165) is 6.26 Å². The first-order valence-electron chi connectivity index (χ1n) is 4.31. The monoisotopic (exact) mass is 226 g/mol. The summed E-state index contributed by atoms with van der Waals surface area (Å²) in [6, 6.07) is 2.64. The Kier molecular flexibility index (Phi) is 2.52. The summed E-state index contributed by atoms with van der Waals surface area (Å²) in [5.74, 6) is -5.02. The topological polar surface area (TPSA) is 30.2 Å². The Balaban J connectivity index is 2.46. The number of hydrogen-bond donors (Lipinski definition) is 0. The highest BCUT2D eigenvalue weighted by atomic mass is 19.2. The van der Waals surface area contributed by atoms with Crippen molar-refractivity contribution in [3.63, 3.8) is 0 Å². The van der Waals surface area contributed by atoms with Gasteiger partial charge in [0, 0.05) is 5.56 Å². The van der Waals surface area contributed by atoms with Crippen LogP contribution in [0.25, 0.3) is 0 Å². The molecule has 0 fully saturated rings. The van der Waals surface area contributed by atoms with Crippen LogP contribution in [0, 0.1) is 17.5 Å². The highest BCUT2D eigenvalue weighted by Crippen LogP contribution is 2.16. The molecule has 0 aliphatic rings. The molecule has 0 radical (unpaired) electrons. The molecule has 0 aliphatic heterocycles. The molecule has 2 rings (SSSR count). The second-order valence-electron chi connectivity index (χ2n) is 3.10. The molecule has 0 spiro atoms. The molecule has 1 aromatic heterocycles. The molecule has 0 atom stereocenters. The summed E-state index contributed by atoms with van der Waals surface area (Å²) < 4.78 is 43.0. The van der Waals surface area contributed by atoms with Crippen LogP contribution in [-0.2, 0) is 0 Å². The SMILES string of the molecule is O=C(c1ccoc1)c1cc(F)c(F)c(F)c1. The van der Waals surface area contributed by atoms with Crippen molar-refractivity contribution in [3.05, 3.63) is 59.3 Å². The summed E-state index contributed by atoms with van der Waals surface area (Å²) >= 11 is 0. The zero-order valence-corrected chi connectivity index (χ0v) is 7.84. The quantitative estimate of drug-likeness (QED) is 0.582. The lowest BCUT2D eigenvalue weighted by atomic mass is 10.1. The van der Waals surface area contributed by atoms with Crippen LogP contribution >= 0.6 is 0 Å². The summed E-state index contributed by atoms with van der Waals surface area (Å²) in [6.07, 6.45) is 2.39. The number of ketones is 1. The average Bonchev–Trinajstić information content (AvgIpc) is 2.77. The summed E-state index contributed by atoms with van der Waals surface area (Å²) in [7, 11) is 0. The maximum atomic E-state index is 12.9. The molecule has 0 bridgehead atoms. The van der Waals surface area contributed by atoms with Gasteiger partial charge in [-0.1, -0.05) is 0 Å². The molecule has 0 aliphatic carbocycles. The number of rotatable bonds is 2. The average molecular weight is 226 g/mol. The van der Waals surface area contributed by atoms with Gasteiger partial charge in [0.15, 0.2) is 23.2 Å². The van der Waals surface area contributed by atoms with Gasteiger partial charge in [-0.25, -0.2) is 13.2 Å². The van der Waals surface area contributed by atoms with Crippen LogP contribution in [0.15, 0.2) is 35.1 Å². The van der Waals surface area contributed by atoms with E-state index in [1.54, 1.807) is 0 Å². The van der Waals surface area contributed by atoms with Crippen molar-refractivity contribution in [1.29, 1.82) is 0 Å². The predicted molar refractivity (Wildman–Crippen MR) is 48.5 cm³/mol. The van der Waals surface area contributed by atoms with E-state index in [1.165, 1.54) is 12.3 Å². The highest BCUT2D eigenvalue weighted by molar-refractivity contribution is 6.08. The van der Waals surface area contributed by atoms with Crippen LogP contribution in [0.2, 0.25) is 0 Å². The van der Waals surface area contributed by atoms with E-state index in [4.69, 9.17) is 0 Å². The summed E-state index contributed by atoms with van der Waals surface area (Å²) in [6.45, 7) is 0. The van der Waals surface area contributed by atoms with E-state index in [9.17, 15) is 18.0 Å². The highest BCUT2D eigenvalue weighted by Gasteiger charge is 2.16. The predicted octanol–water partition coefficient (Wildman–Crippen LogP) is 2.93. The zero-order valence-electron chi connectivity index (χ0n) is 7.84. The Bertz CT molecular complexity index is 509. The van der Waals surface area contributed by atoms with Gasteiger partial charge in [-0.05, 0) is 18.2 Å². The minimum atomic E-state index is -1.59. The normalized spacial score (nSPS) is 10.4. The van der Waals surface area contributed by atoms with Crippen LogP contribution in [0.1, 0.15) is 15.9 Å². The molecule has 0 saturated carbocycles. The molecule has 1 heterocycles. The Morgan fingerprint density at radius 2 is 1.69 bits per heavy atom. The van der Waals surface area contributed by atoms with Gasteiger partial charge in [0.05, 0.1) is 11.8 Å². The zero-order chi connectivity index (χ0) is 11.7. The minimum absolute atomic E-state index is 0.144. The summed E-state index contributed by atoms with van der Waals surface area (Å²) in [5, 5.41) is 0. The van der Waals surface area contributed by atoms with Crippen LogP contribution in [-0.4, -0.2) is 5.78 Å². The van der Waals surface area contributed by atoms with E-state index in [1.807, 2.05) is 0 Å². The maximum absolute atomic E-state index is 12.9. The molecular formula is C11H5F3O2. The first-order chi connectivity index (χ1) is 7.59. The molecule has 0 unspecified atom stereocenters. The fourth-order valence-electron chi connectivity index (χ4n) is 1.25. The second-order valence-corrected chi connectivity index (χ2v) is 3.10. The van der Waals surface area contributed by atoms with Crippen LogP contribution < -0.4 is 0 Å². The fraction of sp³-hybridized carbons (Fsp3) is 0. The van der Waals surface area contributed by atoms with E-state index >= 15 is 0 Å². The standard InChI is InChI=1S/C11H5F3O2/c12-8-3-7(4-9(13)10(8)14)11(15)6-1-2-16-5-6/h1-5H. The van der Waals surface area contributed by atoms with Gasteiger partial charge in [-0.2, -0.15) is 0 Å². The van der Waals surface area contributed by atoms with E-state index in [2.05, 4.69) is 4.42 Å². The number of carbonyl (C=O) groups is 1. The number of benzene rings is 1. The molecule has 16 heavy (non-hydrogen) atoms. The second kappa shape index (κ2) is 3.84. The third-order valence-electron chi connectivity index (χ3n) is 2.03. The van der Waals surface area contributed by atoms with Gasteiger partial charge < -0.3 is 4.42 Å². The van der Waals surface area contributed by atoms with Crippen molar-refractivity contribution in [2.24, 2.45) is 0 Å². The van der Waals surface area contributed by atoms with Crippen molar-refractivity contribution < 1.29 is 22.4 Å². The van der Waals surface area contributed by atoms with Crippen molar-refractivity contribution in [1.82, 2.24) is 0 Å². The Labute approximate surface area is 88.3 Å². The molecule has 1 aromatic carbocycles. The third-order valence-corrected chi connectivity index (χ3v) is 2.03. The maximum Gasteiger partial charge on any atom is 0.196 e. The minimum Gasteiger partial charge on any atom is -0.472 e. The summed E-state index contributed by atoms with van der Waals surface area (Å²) in [4.78, 5) is 11.6. The first-order valence-corrected chi connectivity index (χ1v) is 4.31. The van der Waals surface area contributed by atoms with Crippen molar-refractivity contribution >= 4 is 5.78 Å². The first kappa shape index (κ1) is 10.5. The van der Waals surface area contributed by atoms with E-state index in [-0.39, 0.29) is 11.1 Å². The van der Waals surface area contributed by atoms with Crippen LogP contribution in [0.4, 0.5) is 13.2 Å². The van der Waals surface area contributed by atoms with Crippen LogP contribution in [0.5, 0.6) is 0 Å².